The van der Waals surface area contributed by atoms with Gasteiger partial charge < -0.3 is 48.6 Å². The van der Waals surface area contributed by atoms with Gasteiger partial charge in [-0.1, -0.05) is 95.3 Å². The van der Waals surface area contributed by atoms with Crippen molar-refractivity contribution in [3.05, 3.63) is 83.5 Å². The number of aliphatic hydroxyl groups excluding tert-OH is 2. The van der Waals surface area contributed by atoms with Crippen LogP contribution >= 0.6 is 0 Å². The Hall–Kier alpha value is -4.61. The summed E-state index contributed by atoms with van der Waals surface area (Å²) in [5.74, 6) is -6.97. The molecule has 0 aromatic heterocycles. The van der Waals surface area contributed by atoms with E-state index in [1.54, 1.807) is 41.1 Å². The van der Waals surface area contributed by atoms with Gasteiger partial charge in [0.1, 0.15) is 42.5 Å². The zero-order valence-electron chi connectivity index (χ0n) is 46.2. The molecule has 2 saturated heterocycles. The summed E-state index contributed by atoms with van der Waals surface area (Å²) in [5.41, 5.74) is 2.44. The molecular formula is C60H87NO14. The van der Waals surface area contributed by atoms with Crippen molar-refractivity contribution in [1.29, 1.82) is 0 Å². The molecule has 0 radical (unpaired) electrons. The smallest absolute Gasteiger partial charge is 0.329 e. The molecule has 15 heteroatoms. The van der Waals surface area contributed by atoms with Crippen molar-refractivity contribution in [1.82, 2.24) is 4.90 Å². The maximum absolute atomic E-state index is 14.4. The summed E-state index contributed by atoms with van der Waals surface area (Å²) in [5, 5.41) is 33.8. The molecular weight excluding hydrogens is 959 g/mol. The molecule has 3 N–H and O–H groups in total. The van der Waals surface area contributed by atoms with Gasteiger partial charge in [0.05, 0.1) is 24.4 Å². The number of aliphatic hydroxyl groups is 3. The Kier molecular flexibility index (Phi) is 23.9. The highest BCUT2D eigenvalue weighted by atomic mass is 16.6. The topological polar surface area (TPSA) is 205 Å². The zero-order valence-corrected chi connectivity index (χ0v) is 46.2. The van der Waals surface area contributed by atoms with E-state index >= 15 is 0 Å². The average molecular weight is 1050 g/mol. The predicted molar refractivity (Wildman–Crippen MR) is 286 cm³/mol. The van der Waals surface area contributed by atoms with Crippen molar-refractivity contribution < 1.29 is 67.7 Å². The summed E-state index contributed by atoms with van der Waals surface area (Å²) in [7, 11) is 4.52. The van der Waals surface area contributed by atoms with Crippen LogP contribution in [0.1, 0.15) is 131 Å². The van der Waals surface area contributed by atoms with E-state index in [-0.39, 0.29) is 54.8 Å². The van der Waals surface area contributed by atoms with Crippen molar-refractivity contribution in [3.8, 4) is 5.75 Å². The van der Waals surface area contributed by atoms with Crippen LogP contribution in [0.5, 0.6) is 5.75 Å². The molecule has 75 heavy (non-hydrogen) atoms. The van der Waals surface area contributed by atoms with Gasteiger partial charge in [-0.25, -0.2) is 4.79 Å². The van der Waals surface area contributed by atoms with Crippen LogP contribution in [-0.2, 0) is 47.7 Å². The summed E-state index contributed by atoms with van der Waals surface area (Å²) >= 11 is 0. The first-order valence-electron chi connectivity index (χ1n) is 27.3. The van der Waals surface area contributed by atoms with Crippen LogP contribution in [0.25, 0.3) is 6.08 Å². The van der Waals surface area contributed by atoms with E-state index in [2.05, 4.69) is 6.08 Å². The molecule has 416 valence electrons. The normalized spacial score (nSPS) is 35.8. The third kappa shape index (κ3) is 16.7. The molecule has 3 fully saturated rings. The number of hydrogen-bond donors (Lipinski definition) is 3. The number of nitrogens with zero attached hydrogens (tertiary/aromatic N) is 1. The van der Waals surface area contributed by atoms with Gasteiger partial charge in [0.15, 0.2) is 5.78 Å². The lowest BCUT2D eigenvalue weighted by molar-refractivity contribution is -0.265. The Morgan fingerprint density at radius 1 is 0.840 bits per heavy atom. The van der Waals surface area contributed by atoms with Crippen LogP contribution in [-0.4, -0.2) is 138 Å². The molecule has 1 aromatic rings. The Labute approximate surface area is 445 Å². The molecule has 1 saturated carbocycles. The van der Waals surface area contributed by atoms with Crippen LogP contribution in [0, 0.1) is 35.5 Å². The minimum atomic E-state index is -2.43. The number of para-hydroxylation sites is 1. The van der Waals surface area contributed by atoms with Crippen LogP contribution in [0.3, 0.4) is 0 Å². The second-order valence-electron chi connectivity index (χ2n) is 21.8. The van der Waals surface area contributed by atoms with Crippen molar-refractivity contribution in [3.63, 3.8) is 0 Å². The lowest BCUT2D eigenvalue weighted by atomic mass is 9.78. The van der Waals surface area contributed by atoms with Crippen molar-refractivity contribution in [2.75, 3.05) is 34.5 Å². The van der Waals surface area contributed by atoms with E-state index in [0.717, 1.165) is 17.7 Å². The van der Waals surface area contributed by atoms with E-state index in [1.165, 1.54) is 17.6 Å². The third-order valence-corrected chi connectivity index (χ3v) is 16.0. The molecule has 6 rings (SSSR count). The van der Waals surface area contributed by atoms with Crippen LogP contribution in [0.15, 0.2) is 77.9 Å². The van der Waals surface area contributed by atoms with Gasteiger partial charge in [-0.05, 0) is 119 Å². The number of fused-ring (bicyclic) bond motifs is 4. The fraction of sp³-hybridized carbons (Fsp3) is 0.650. The fourth-order valence-corrected chi connectivity index (χ4v) is 11.2. The number of hydrogen-bond acceptors (Lipinski definition) is 14. The lowest BCUT2D eigenvalue weighted by Gasteiger charge is -2.42. The first kappa shape index (κ1) is 61.2. The lowest BCUT2D eigenvalue weighted by Crippen LogP contribution is -2.61. The zero-order chi connectivity index (χ0) is 55.0. The van der Waals surface area contributed by atoms with Gasteiger partial charge in [-0.3, -0.25) is 19.2 Å². The van der Waals surface area contributed by atoms with E-state index < -0.39 is 83.9 Å². The number of Topliss-reactive ketones (excluding diaryl/α,β-unsaturated/α-hetero) is 3. The minimum Gasteiger partial charge on any atom is -0.489 e. The van der Waals surface area contributed by atoms with Gasteiger partial charge in [-0.2, -0.15) is 0 Å². The fourth-order valence-electron chi connectivity index (χ4n) is 11.2. The number of amides is 1. The number of ether oxygens (including phenoxy) is 6. The number of carbonyl (C=O) groups excluding carboxylic acids is 5. The van der Waals surface area contributed by atoms with E-state index in [0.29, 0.717) is 70.0 Å². The molecule has 0 unspecified atom stereocenters. The molecule has 4 aliphatic heterocycles. The van der Waals surface area contributed by atoms with Gasteiger partial charge in [0, 0.05) is 64.0 Å². The third-order valence-electron chi connectivity index (χ3n) is 16.0. The molecule has 5 aliphatic rings. The first-order chi connectivity index (χ1) is 35.7. The monoisotopic (exact) mass is 1050 g/mol. The number of benzene rings is 1. The Morgan fingerprint density at radius 2 is 1.59 bits per heavy atom. The highest BCUT2D eigenvalue weighted by Crippen LogP contribution is 2.38. The number of ketones is 3. The molecule has 1 aromatic carbocycles. The summed E-state index contributed by atoms with van der Waals surface area (Å²) in [6, 6.07) is 6.89. The second kappa shape index (κ2) is 29.2. The number of carbonyl (C=O) groups is 5. The first-order valence-corrected chi connectivity index (χ1v) is 27.3. The number of piperidine rings is 1. The highest BCUT2D eigenvalue weighted by Gasteiger charge is 2.53. The standard InChI is InChI=1S/C51H79NO13.C9H8O/c1-30-16-12-11-13-17-31(2)42(61-8)28-38-21-19-36(7)51(60,65-38)48(57)49(58)52-23-15-14-18-39(52)50(59)64-43(33(4)26-37-20-22-40(53)44(27-37)62-9)29-41(54)32(3)25-35(6)46(56)47(63-10)45(55)34(5)24-30;1-2-6-9-8(4-1)5-3-7-10-9/h11-13,16-17,25,30,32-34,36-40,42-44,46-47,53,56,60H,14-15,18-24,26-29H2,1-10H3;1-6H,7H2/b13-11?,16-12+,31-17?,35-25+;/t30-,32-,33-,34-,36-,37+,38+,39+,40-,42+,43+,44-,46-,47+,51-;/m1./s1. The maximum atomic E-state index is 14.4. The van der Waals surface area contributed by atoms with E-state index in [9.17, 15) is 39.3 Å². The molecule has 0 spiro atoms. The minimum absolute atomic E-state index is 0.0193. The second-order valence-corrected chi connectivity index (χ2v) is 21.8. The summed E-state index contributed by atoms with van der Waals surface area (Å²) in [4.78, 5) is 71.8. The number of cyclic esters (lactones) is 1. The van der Waals surface area contributed by atoms with Crippen molar-refractivity contribution in [2.24, 2.45) is 35.5 Å². The maximum Gasteiger partial charge on any atom is 0.329 e. The Morgan fingerprint density at radius 3 is 2.29 bits per heavy atom. The average Bonchev–Trinajstić information content (AvgIpc) is 3.40. The molecule has 1 amide bonds. The SMILES string of the molecule is C1=Cc2ccccc2OC1.CO[C@H]1C[C@@H]2CC[C@@H](C)[C@@](O)(O2)C(=O)C(=O)N2CCCC[C@H]2C(=O)O[C@H]([C@H](C)C[C@@H]2CC[C@@H](O)[C@H](OC)C2)CC(=O)[C@H](C)/C=C(\C)[C@@H](O)[C@@H](OC)C(=O)[C@H](C)C[C@H](C)/C=C/C=CC=C1C. The van der Waals surface area contributed by atoms with E-state index in [4.69, 9.17) is 28.4 Å². The van der Waals surface area contributed by atoms with Gasteiger partial charge in [-0.15, -0.1) is 0 Å². The summed E-state index contributed by atoms with van der Waals surface area (Å²) < 4.78 is 34.7. The van der Waals surface area contributed by atoms with Gasteiger partial charge in [0.2, 0.25) is 5.79 Å². The number of allylic oxidation sites excluding steroid dienone is 6. The summed E-state index contributed by atoms with van der Waals surface area (Å²) in [6.07, 6.45) is 15.3. The quantitative estimate of drug-likeness (QED) is 0.139. The predicted octanol–water partition coefficient (Wildman–Crippen LogP) is 8.27. The Balaban J connectivity index is 0.000000918. The van der Waals surface area contributed by atoms with Crippen LogP contribution in [0.2, 0.25) is 0 Å². The van der Waals surface area contributed by atoms with Gasteiger partial charge >= 0.3 is 5.97 Å². The van der Waals surface area contributed by atoms with Crippen LogP contribution < -0.4 is 4.74 Å². The molecule has 15 nitrogen and oxygen atoms in total. The summed E-state index contributed by atoms with van der Waals surface area (Å²) in [6.45, 7) is 13.4. The van der Waals surface area contributed by atoms with E-state index in [1.807, 2.05) is 88.4 Å². The number of esters is 1. The largest absolute Gasteiger partial charge is 0.489 e. The van der Waals surface area contributed by atoms with Crippen molar-refractivity contribution >= 4 is 35.3 Å². The molecule has 2 bridgehead atoms. The van der Waals surface area contributed by atoms with Crippen molar-refractivity contribution in [2.45, 2.75) is 180 Å². The highest BCUT2D eigenvalue weighted by molar-refractivity contribution is 6.39. The molecule has 15 atom stereocenters. The Bertz CT molecular complexity index is 2230. The number of rotatable bonds is 6. The van der Waals surface area contributed by atoms with Gasteiger partial charge in [0.25, 0.3) is 11.7 Å². The van der Waals surface area contributed by atoms with Crippen LogP contribution in [0.4, 0.5) is 0 Å². The molecule has 1 aliphatic carbocycles. The number of methoxy groups -OCH3 is 3. The molecule has 4 heterocycles.